The number of pyridine rings is 2. The summed E-state index contributed by atoms with van der Waals surface area (Å²) in [5.74, 6) is 0.677. The third-order valence-corrected chi connectivity index (χ3v) is 3.36. The highest BCUT2D eigenvalue weighted by Gasteiger charge is 2.09. The Kier molecular flexibility index (Phi) is 3.27. The maximum absolute atomic E-state index is 6.05. The number of halogens is 2. The van der Waals surface area contributed by atoms with Crippen LogP contribution in [0.5, 0.6) is 5.75 Å². The molecule has 3 aromatic rings. The zero-order valence-corrected chi connectivity index (χ0v) is 11.3. The number of rotatable bonds is 3. The first-order valence-electron chi connectivity index (χ1n) is 5.58. The molecule has 19 heavy (non-hydrogen) atoms. The number of aromatic nitrogens is 3. The van der Waals surface area contributed by atoms with Crippen LogP contribution >= 0.6 is 23.2 Å². The van der Waals surface area contributed by atoms with Crippen molar-refractivity contribution in [3.8, 4) is 5.75 Å². The van der Waals surface area contributed by atoms with Crippen molar-refractivity contribution in [2.24, 2.45) is 0 Å². The molecule has 0 aliphatic rings. The number of imidazole rings is 1. The molecule has 0 aliphatic carbocycles. The molecule has 0 amide bonds. The van der Waals surface area contributed by atoms with Gasteiger partial charge in [0.2, 0.25) is 0 Å². The molecule has 0 spiro atoms. The molecular formula is C13H9Cl2N3O. The maximum atomic E-state index is 6.05. The summed E-state index contributed by atoms with van der Waals surface area (Å²) in [6.45, 7) is 0.271. The van der Waals surface area contributed by atoms with Gasteiger partial charge in [0.05, 0.1) is 10.0 Å². The van der Waals surface area contributed by atoms with Crippen molar-refractivity contribution in [1.82, 2.24) is 14.4 Å². The fraction of sp³-hybridized carbons (Fsp3) is 0.0769. The number of hydrogen-bond acceptors (Lipinski definition) is 3. The van der Waals surface area contributed by atoms with Crippen LogP contribution in [0.2, 0.25) is 10.0 Å². The van der Waals surface area contributed by atoms with Gasteiger partial charge in [0, 0.05) is 36.5 Å². The molecule has 0 aromatic carbocycles. The molecule has 0 aliphatic heterocycles. The van der Waals surface area contributed by atoms with Crippen LogP contribution in [0, 0.1) is 0 Å². The Morgan fingerprint density at radius 3 is 2.74 bits per heavy atom. The van der Waals surface area contributed by atoms with Gasteiger partial charge >= 0.3 is 0 Å². The van der Waals surface area contributed by atoms with Crippen molar-refractivity contribution in [2.75, 3.05) is 0 Å². The molecule has 0 unspecified atom stereocenters. The van der Waals surface area contributed by atoms with Crippen LogP contribution in [0.4, 0.5) is 0 Å². The molecule has 0 saturated heterocycles. The van der Waals surface area contributed by atoms with Crippen molar-refractivity contribution in [2.45, 2.75) is 6.61 Å². The summed E-state index contributed by atoms with van der Waals surface area (Å²) in [6.07, 6.45) is 8.56. The predicted octanol–water partition coefficient (Wildman–Crippen LogP) is 3.62. The predicted molar refractivity (Wildman–Crippen MR) is 73.8 cm³/mol. The summed E-state index contributed by atoms with van der Waals surface area (Å²) in [4.78, 5) is 8.14. The average Bonchev–Trinajstić information content (AvgIpc) is 2.87. The second kappa shape index (κ2) is 5.07. The monoisotopic (exact) mass is 293 g/mol. The largest absolute Gasteiger partial charge is 0.485 e. The van der Waals surface area contributed by atoms with E-state index in [1.807, 2.05) is 28.9 Å². The molecule has 6 heteroatoms. The molecular weight excluding hydrogens is 285 g/mol. The summed E-state index contributed by atoms with van der Waals surface area (Å²) in [7, 11) is 0. The second-order valence-electron chi connectivity index (χ2n) is 3.90. The molecule has 0 N–H and O–H groups in total. The van der Waals surface area contributed by atoms with E-state index in [0.717, 1.165) is 5.65 Å². The molecule has 0 radical (unpaired) electrons. The van der Waals surface area contributed by atoms with Gasteiger partial charge < -0.3 is 9.14 Å². The highest BCUT2D eigenvalue weighted by atomic mass is 35.5. The van der Waals surface area contributed by atoms with Crippen LogP contribution in [0.1, 0.15) is 5.56 Å². The van der Waals surface area contributed by atoms with Crippen molar-refractivity contribution in [3.05, 3.63) is 58.7 Å². The van der Waals surface area contributed by atoms with Crippen LogP contribution in [0.25, 0.3) is 5.65 Å². The zero-order chi connectivity index (χ0) is 13.2. The van der Waals surface area contributed by atoms with Crippen molar-refractivity contribution >= 4 is 28.8 Å². The topological polar surface area (TPSA) is 39.4 Å². The Balaban J connectivity index is 1.88. The van der Waals surface area contributed by atoms with Gasteiger partial charge in [-0.2, -0.15) is 0 Å². The molecule has 0 fully saturated rings. The van der Waals surface area contributed by atoms with Gasteiger partial charge in [-0.05, 0) is 12.1 Å². The Morgan fingerprint density at radius 1 is 1.16 bits per heavy atom. The fourth-order valence-electron chi connectivity index (χ4n) is 1.76. The lowest BCUT2D eigenvalue weighted by Gasteiger charge is -2.09. The van der Waals surface area contributed by atoms with Gasteiger partial charge in [0.25, 0.3) is 0 Å². The minimum Gasteiger partial charge on any atom is -0.485 e. The maximum Gasteiger partial charge on any atom is 0.179 e. The summed E-state index contributed by atoms with van der Waals surface area (Å²) in [5.41, 5.74) is 1.47. The molecule has 4 nitrogen and oxygen atoms in total. The van der Waals surface area contributed by atoms with E-state index in [9.17, 15) is 0 Å². The molecule has 0 atom stereocenters. The number of nitrogens with zero attached hydrogens (tertiary/aromatic N) is 3. The van der Waals surface area contributed by atoms with Gasteiger partial charge in [0.1, 0.15) is 6.61 Å². The molecule has 96 valence electrons. The third-order valence-electron chi connectivity index (χ3n) is 2.71. The lowest BCUT2D eigenvalue weighted by Crippen LogP contribution is -1.99. The van der Waals surface area contributed by atoms with E-state index in [0.29, 0.717) is 21.4 Å². The quantitative estimate of drug-likeness (QED) is 0.740. The Labute approximate surface area is 119 Å². The van der Waals surface area contributed by atoms with Gasteiger partial charge in [-0.15, -0.1) is 0 Å². The Hall–Kier alpha value is -1.78. The van der Waals surface area contributed by atoms with E-state index in [2.05, 4.69) is 9.97 Å². The highest BCUT2D eigenvalue weighted by Crippen LogP contribution is 2.25. The lowest BCUT2D eigenvalue weighted by molar-refractivity contribution is 0.308. The van der Waals surface area contributed by atoms with Gasteiger partial charge in [-0.25, -0.2) is 4.98 Å². The molecule has 0 bridgehead atoms. The van der Waals surface area contributed by atoms with E-state index in [1.165, 1.54) is 0 Å². The lowest BCUT2D eigenvalue weighted by atomic mass is 10.3. The first kappa shape index (κ1) is 12.3. The minimum atomic E-state index is 0.271. The zero-order valence-electron chi connectivity index (χ0n) is 9.75. The van der Waals surface area contributed by atoms with Crippen molar-refractivity contribution in [3.63, 3.8) is 0 Å². The van der Waals surface area contributed by atoms with Crippen LogP contribution in [-0.2, 0) is 6.61 Å². The first-order valence-corrected chi connectivity index (χ1v) is 6.33. The van der Waals surface area contributed by atoms with Gasteiger partial charge in [0.15, 0.2) is 11.4 Å². The Bertz CT molecular complexity index is 706. The van der Waals surface area contributed by atoms with Crippen LogP contribution < -0.4 is 4.74 Å². The number of fused-ring (bicyclic) bond motifs is 1. The highest BCUT2D eigenvalue weighted by molar-refractivity contribution is 6.35. The summed E-state index contributed by atoms with van der Waals surface area (Å²) < 4.78 is 7.63. The minimum absolute atomic E-state index is 0.271. The van der Waals surface area contributed by atoms with Gasteiger partial charge in [-0.1, -0.05) is 23.2 Å². The van der Waals surface area contributed by atoms with E-state index in [1.54, 1.807) is 18.6 Å². The first-order chi connectivity index (χ1) is 9.25. The van der Waals surface area contributed by atoms with E-state index in [-0.39, 0.29) is 6.61 Å². The molecule has 3 heterocycles. The Morgan fingerprint density at radius 2 is 1.95 bits per heavy atom. The van der Waals surface area contributed by atoms with E-state index in [4.69, 9.17) is 27.9 Å². The third kappa shape index (κ3) is 2.37. The summed E-state index contributed by atoms with van der Waals surface area (Å²) in [5, 5.41) is 0.977. The summed E-state index contributed by atoms with van der Waals surface area (Å²) in [6, 6.07) is 3.74. The fourth-order valence-corrected chi connectivity index (χ4v) is 2.23. The van der Waals surface area contributed by atoms with Crippen LogP contribution in [-0.4, -0.2) is 14.4 Å². The summed E-state index contributed by atoms with van der Waals surface area (Å²) >= 11 is 12.1. The van der Waals surface area contributed by atoms with Crippen LogP contribution in [0.3, 0.4) is 0 Å². The molecule has 3 rings (SSSR count). The van der Waals surface area contributed by atoms with Crippen LogP contribution in [0.15, 0.2) is 43.1 Å². The average molecular weight is 294 g/mol. The molecule has 3 aromatic heterocycles. The SMILES string of the molecule is Clc1cncc(Cl)c1COc1cccn2ccnc12. The normalized spacial score (nSPS) is 10.8. The van der Waals surface area contributed by atoms with E-state index < -0.39 is 0 Å². The van der Waals surface area contributed by atoms with Gasteiger partial charge in [-0.3, -0.25) is 4.98 Å². The standard InChI is InChI=1S/C13H9Cl2N3O/c14-10-6-16-7-11(15)9(10)8-19-12-2-1-4-18-5-3-17-13(12)18/h1-7H,8H2. The smallest absolute Gasteiger partial charge is 0.179 e. The molecule has 0 saturated carbocycles. The van der Waals surface area contributed by atoms with Crippen molar-refractivity contribution in [1.29, 1.82) is 0 Å². The van der Waals surface area contributed by atoms with Crippen molar-refractivity contribution < 1.29 is 4.74 Å². The number of ether oxygens (including phenoxy) is 1. The number of hydrogen-bond donors (Lipinski definition) is 0. The second-order valence-corrected chi connectivity index (χ2v) is 4.72. The van der Waals surface area contributed by atoms with E-state index >= 15 is 0 Å².